The van der Waals surface area contributed by atoms with Crippen LogP contribution in [0.4, 0.5) is 5.69 Å². The Morgan fingerprint density at radius 1 is 0.914 bits per heavy atom. The van der Waals surface area contributed by atoms with Crippen molar-refractivity contribution < 1.29 is 9.47 Å². The lowest BCUT2D eigenvalue weighted by atomic mass is 10.1. The smallest absolute Gasteiger partial charge is 0.253 e. The summed E-state index contributed by atoms with van der Waals surface area (Å²) in [5.41, 5.74) is 4.44. The molecule has 2 N–H and O–H groups in total. The Labute approximate surface area is 210 Å². The first kappa shape index (κ1) is 24.3. The fourth-order valence-corrected chi connectivity index (χ4v) is 4.21. The number of nitrogens with one attached hydrogen (secondary N) is 2. The maximum absolute atomic E-state index is 12.9. The summed E-state index contributed by atoms with van der Waals surface area (Å²) in [5, 5.41) is 4.85. The highest BCUT2D eigenvalue weighted by Gasteiger charge is 2.16. The maximum atomic E-state index is 12.9. The molecule has 0 spiro atoms. The lowest BCUT2D eigenvalue weighted by Crippen LogP contribution is -2.35. The van der Waals surface area contributed by atoms with Crippen molar-refractivity contribution in [2.75, 3.05) is 19.5 Å². The summed E-state index contributed by atoms with van der Waals surface area (Å²) in [6, 6.07) is 23.5. The number of pyridine rings is 1. The zero-order chi connectivity index (χ0) is 24.8. The number of hydrogen-bond acceptors (Lipinski definition) is 4. The molecule has 0 aliphatic carbocycles. The molecule has 1 aromatic heterocycles. The summed E-state index contributed by atoms with van der Waals surface area (Å²) < 4.78 is 10.6. The molecule has 0 amide bonds. The van der Waals surface area contributed by atoms with Crippen LogP contribution in [-0.4, -0.2) is 29.2 Å². The van der Waals surface area contributed by atoms with Gasteiger partial charge in [-0.25, -0.2) is 0 Å². The average molecular weight is 488 g/mol. The first-order chi connectivity index (χ1) is 17.0. The number of thiocarbonyl (C=S) groups is 1. The number of aromatic nitrogens is 1. The van der Waals surface area contributed by atoms with Gasteiger partial charge in [-0.05, 0) is 72.2 Å². The van der Waals surface area contributed by atoms with Crippen molar-refractivity contribution in [3.05, 3.63) is 99.8 Å². The van der Waals surface area contributed by atoms with Crippen LogP contribution >= 0.6 is 12.2 Å². The van der Waals surface area contributed by atoms with Gasteiger partial charge in [0.2, 0.25) is 0 Å². The normalized spacial score (nSPS) is 10.7. The number of aromatic amines is 1. The number of para-hydroxylation sites is 1. The molecule has 0 saturated carbocycles. The van der Waals surface area contributed by atoms with Crippen LogP contribution in [-0.2, 0) is 19.5 Å². The summed E-state index contributed by atoms with van der Waals surface area (Å²) in [6.45, 7) is 2.98. The summed E-state index contributed by atoms with van der Waals surface area (Å²) in [4.78, 5) is 17.9. The van der Waals surface area contributed by atoms with Crippen LogP contribution in [0, 0.1) is 0 Å². The van der Waals surface area contributed by atoms with E-state index in [1.807, 2.05) is 71.6 Å². The minimum atomic E-state index is -0.140. The third-order valence-corrected chi connectivity index (χ3v) is 6.31. The lowest BCUT2D eigenvalue weighted by Gasteiger charge is -2.27. The van der Waals surface area contributed by atoms with Crippen LogP contribution in [0.15, 0.2) is 77.6 Å². The third-order valence-electron chi connectivity index (χ3n) is 5.95. The SMILES string of the molecule is CCc1ccccc1NC(=S)N(Cc1ccc(OC)cc1)Cc1cc2cc(OC)ccc2[nH]c1=O. The Hall–Kier alpha value is -3.84. The van der Waals surface area contributed by atoms with Gasteiger partial charge >= 0.3 is 0 Å². The van der Waals surface area contributed by atoms with E-state index in [0.29, 0.717) is 23.8 Å². The maximum Gasteiger partial charge on any atom is 0.253 e. The van der Waals surface area contributed by atoms with Crippen LogP contribution in [0.25, 0.3) is 10.9 Å². The molecule has 0 unspecified atom stereocenters. The quantitative estimate of drug-likeness (QED) is 0.320. The molecule has 6 nitrogen and oxygen atoms in total. The molecule has 0 radical (unpaired) electrons. The topological polar surface area (TPSA) is 66.6 Å². The minimum Gasteiger partial charge on any atom is -0.497 e. The fraction of sp³-hybridized carbons (Fsp3) is 0.214. The van der Waals surface area contributed by atoms with E-state index >= 15 is 0 Å². The van der Waals surface area contributed by atoms with Gasteiger partial charge in [0.05, 0.1) is 20.8 Å². The molecule has 4 aromatic rings. The Kier molecular flexibility index (Phi) is 7.67. The van der Waals surface area contributed by atoms with E-state index in [4.69, 9.17) is 21.7 Å². The standard InChI is InChI=1S/C28H29N3O3S/c1-4-20-7-5-6-8-25(20)30-28(35)31(17-19-9-11-23(33-2)12-10-19)18-22-15-21-16-24(34-3)13-14-26(21)29-27(22)32/h5-16H,4,17-18H2,1-3H3,(H,29,32)(H,30,35). The van der Waals surface area contributed by atoms with E-state index < -0.39 is 0 Å². The Morgan fingerprint density at radius 2 is 1.63 bits per heavy atom. The first-order valence-electron chi connectivity index (χ1n) is 11.5. The number of H-pyrrole nitrogens is 1. The van der Waals surface area contributed by atoms with Crippen molar-refractivity contribution in [3.63, 3.8) is 0 Å². The van der Waals surface area contributed by atoms with Gasteiger partial charge in [-0.1, -0.05) is 37.3 Å². The van der Waals surface area contributed by atoms with Gasteiger partial charge in [0.15, 0.2) is 5.11 Å². The summed E-state index contributed by atoms with van der Waals surface area (Å²) in [6.07, 6.45) is 0.885. The van der Waals surface area contributed by atoms with Gasteiger partial charge in [-0.2, -0.15) is 0 Å². The van der Waals surface area contributed by atoms with Crippen LogP contribution in [0.3, 0.4) is 0 Å². The van der Waals surface area contributed by atoms with Gasteiger partial charge < -0.3 is 24.7 Å². The number of anilines is 1. The van der Waals surface area contributed by atoms with Crippen molar-refractivity contribution in [1.82, 2.24) is 9.88 Å². The number of ether oxygens (including phenoxy) is 2. The molecular formula is C28H29N3O3S. The molecule has 180 valence electrons. The molecule has 1 heterocycles. The highest BCUT2D eigenvalue weighted by molar-refractivity contribution is 7.80. The minimum absolute atomic E-state index is 0.140. The molecule has 7 heteroatoms. The summed E-state index contributed by atoms with van der Waals surface area (Å²) in [5.74, 6) is 1.52. The molecule has 0 aliphatic rings. The first-order valence-corrected chi connectivity index (χ1v) is 11.9. The molecule has 0 aliphatic heterocycles. The zero-order valence-electron chi connectivity index (χ0n) is 20.1. The van der Waals surface area contributed by atoms with Gasteiger partial charge in [-0.15, -0.1) is 0 Å². The second kappa shape index (κ2) is 11.1. The Morgan fingerprint density at radius 3 is 2.34 bits per heavy atom. The van der Waals surface area contributed by atoms with Crippen molar-refractivity contribution in [1.29, 1.82) is 0 Å². The van der Waals surface area contributed by atoms with Crippen LogP contribution in [0.2, 0.25) is 0 Å². The van der Waals surface area contributed by atoms with E-state index in [-0.39, 0.29) is 5.56 Å². The number of methoxy groups -OCH3 is 2. The number of aryl methyl sites for hydroxylation is 1. The molecule has 0 bridgehead atoms. The monoisotopic (exact) mass is 487 g/mol. The van der Waals surface area contributed by atoms with Gasteiger partial charge in [0.1, 0.15) is 11.5 Å². The van der Waals surface area contributed by atoms with E-state index in [0.717, 1.165) is 40.1 Å². The molecule has 0 fully saturated rings. The third kappa shape index (κ3) is 5.81. The van der Waals surface area contributed by atoms with E-state index in [1.54, 1.807) is 14.2 Å². The predicted octanol–water partition coefficient (Wildman–Crippen LogP) is 5.51. The Balaban J connectivity index is 1.67. The van der Waals surface area contributed by atoms with Crippen LogP contribution in [0.5, 0.6) is 11.5 Å². The van der Waals surface area contributed by atoms with Crippen molar-refractivity contribution in [2.45, 2.75) is 26.4 Å². The second-order valence-electron chi connectivity index (χ2n) is 8.22. The van der Waals surface area contributed by atoms with E-state index in [2.05, 4.69) is 23.3 Å². The van der Waals surface area contributed by atoms with E-state index in [9.17, 15) is 4.79 Å². The second-order valence-corrected chi connectivity index (χ2v) is 8.61. The van der Waals surface area contributed by atoms with E-state index in [1.165, 1.54) is 5.56 Å². The average Bonchev–Trinajstić information content (AvgIpc) is 2.89. The molecule has 0 atom stereocenters. The van der Waals surface area contributed by atoms with Gasteiger partial charge in [0.25, 0.3) is 5.56 Å². The number of nitrogens with zero attached hydrogens (tertiary/aromatic N) is 1. The Bertz CT molecular complexity index is 1380. The zero-order valence-corrected chi connectivity index (χ0v) is 20.9. The van der Waals surface area contributed by atoms with Crippen molar-refractivity contribution in [3.8, 4) is 11.5 Å². The number of fused-ring (bicyclic) bond motifs is 1. The molecular weight excluding hydrogens is 458 g/mol. The molecule has 0 saturated heterocycles. The highest BCUT2D eigenvalue weighted by atomic mass is 32.1. The summed E-state index contributed by atoms with van der Waals surface area (Å²) >= 11 is 5.85. The summed E-state index contributed by atoms with van der Waals surface area (Å²) in [7, 11) is 3.27. The number of hydrogen-bond donors (Lipinski definition) is 2. The van der Waals surface area contributed by atoms with Crippen molar-refractivity contribution in [2.24, 2.45) is 0 Å². The number of rotatable bonds is 8. The highest BCUT2D eigenvalue weighted by Crippen LogP contribution is 2.21. The lowest BCUT2D eigenvalue weighted by molar-refractivity contribution is 0.406. The van der Waals surface area contributed by atoms with Crippen LogP contribution < -0.4 is 20.3 Å². The van der Waals surface area contributed by atoms with Gasteiger partial charge in [0, 0.05) is 28.7 Å². The molecule has 4 rings (SSSR count). The van der Waals surface area contributed by atoms with Crippen molar-refractivity contribution >= 4 is 33.9 Å². The largest absolute Gasteiger partial charge is 0.497 e. The van der Waals surface area contributed by atoms with Gasteiger partial charge in [-0.3, -0.25) is 4.79 Å². The van der Waals surface area contributed by atoms with Crippen LogP contribution in [0.1, 0.15) is 23.6 Å². The predicted molar refractivity (Wildman–Crippen MR) is 145 cm³/mol. The molecule has 35 heavy (non-hydrogen) atoms. The molecule has 3 aromatic carbocycles. The fourth-order valence-electron chi connectivity index (χ4n) is 3.98. The number of benzene rings is 3.